The van der Waals surface area contributed by atoms with E-state index in [1.54, 1.807) is 7.11 Å². The molecule has 28 heavy (non-hydrogen) atoms. The average molecular weight is 461 g/mol. The fourth-order valence-corrected chi connectivity index (χ4v) is 3.44. The Bertz CT molecular complexity index is 900. The summed E-state index contributed by atoms with van der Waals surface area (Å²) in [4.78, 5) is 0. The molecule has 0 aliphatic heterocycles. The van der Waals surface area contributed by atoms with Gasteiger partial charge < -0.3 is 14.8 Å². The van der Waals surface area contributed by atoms with Gasteiger partial charge in [-0.15, -0.1) is 0 Å². The molecule has 0 heterocycles. The molecular formula is C23H23BrClNO2. The normalized spacial score (nSPS) is 11.9. The number of hydrogen-bond acceptors (Lipinski definition) is 3. The highest BCUT2D eigenvalue weighted by Crippen LogP contribution is 2.34. The lowest BCUT2D eigenvalue weighted by Gasteiger charge is -2.17. The Morgan fingerprint density at radius 1 is 1.00 bits per heavy atom. The van der Waals surface area contributed by atoms with Gasteiger partial charge in [-0.1, -0.05) is 70.0 Å². The van der Waals surface area contributed by atoms with Crippen molar-refractivity contribution in [3.63, 3.8) is 0 Å². The smallest absolute Gasteiger partial charge is 0.162 e. The molecule has 0 aliphatic rings. The molecule has 0 bridgehead atoms. The van der Waals surface area contributed by atoms with Crippen LogP contribution in [0.2, 0.25) is 5.02 Å². The van der Waals surface area contributed by atoms with Crippen LogP contribution in [0.3, 0.4) is 0 Å². The number of rotatable bonds is 8. The molecule has 0 radical (unpaired) electrons. The van der Waals surface area contributed by atoms with E-state index in [0.717, 1.165) is 15.6 Å². The van der Waals surface area contributed by atoms with E-state index in [1.807, 2.05) is 42.5 Å². The van der Waals surface area contributed by atoms with Crippen molar-refractivity contribution in [2.45, 2.75) is 26.1 Å². The van der Waals surface area contributed by atoms with E-state index in [-0.39, 0.29) is 6.04 Å². The van der Waals surface area contributed by atoms with E-state index < -0.39 is 0 Å². The molecule has 0 saturated heterocycles. The molecule has 1 atom stereocenters. The van der Waals surface area contributed by atoms with Crippen molar-refractivity contribution in [3.05, 3.63) is 92.9 Å². The minimum atomic E-state index is 0.250. The van der Waals surface area contributed by atoms with Crippen molar-refractivity contribution >= 4 is 27.5 Å². The molecule has 0 fully saturated rings. The van der Waals surface area contributed by atoms with Crippen molar-refractivity contribution in [3.8, 4) is 11.5 Å². The Morgan fingerprint density at radius 3 is 2.39 bits per heavy atom. The summed E-state index contributed by atoms with van der Waals surface area (Å²) in [5.74, 6) is 1.41. The monoisotopic (exact) mass is 459 g/mol. The van der Waals surface area contributed by atoms with Gasteiger partial charge in [0.15, 0.2) is 11.5 Å². The predicted molar refractivity (Wildman–Crippen MR) is 118 cm³/mol. The standard InChI is InChI=1S/C23H23BrClNO2/c1-16(18-6-4-3-5-7-18)26-14-19-12-22(27-2)23(13-21(19)24)28-15-17-8-10-20(25)11-9-17/h3-13,16,26H,14-15H2,1-2H3. The van der Waals surface area contributed by atoms with E-state index in [2.05, 4.69) is 52.4 Å². The van der Waals surface area contributed by atoms with Gasteiger partial charge in [-0.25, -0.2) is 0 Å². The molecule has 0 amide bonds. The summed E-state index contributed by atoms with van der Waals surface area (Å²) in [6, 6.07) is 22.2. The van der Waals surface area contributed by atoms with Gasteiger partial charge in [0.2, 0.25) is 0 Å². The molecule has 1 N–H and O–H groups in total. The van der Waals surface area contributed by atoms with E-state index in [0.29, 0.717) is 29.7 Å². The van der Waals surface area contributed by atoms with Gasteiger partial charge in [0.05, 0.1) is 7.11 Å². The van der Waals surface area contributed by atoms with Gasteiger partial charge in [-0.05, 0) is 47.9 Å². The van der Waals surface area contributed by atoms with E-state index >= 15 is 0 Å². The zero-order valence-corrected chi connectivity index (χ0v) is 18.3. The Balaban J connectivity index is 1.67. The van der Waals surface area contributed by atoms with Crippen molar-refractivity contribution in [1.29, 1.82) is 0 Å². The molecule has 3 nitrogen and oxygen atoms in total. The SMILES string of the molecule is COc1cc(CNC(C)c2ccccc2)c(Br)cc1OCc1ccc(Cl)cc1. The lowest BCUT2D eigenvalue weighted by molar-refractivity contribution is 0.284. The number of ether oxygens (including phenoxy) is 2. The van der Waals surface area contributed by atoms with Crippen molar-refractivity contribution in [2.75, 3.05) is 7.11 Å². The van der Waals surface area contributed by atoms with Gasteiger partial charge in [-0.3, -0.25) is 0 Å². The van der Waals surface area contributed by atoms with Gasteiger partial charge in [-0.2, -0.15) is 0 Å². The zero-order chi connectivity index (χ0) is 19.9. The maximum Gasteiger partial charge on any atom is 0.162 e. The topological polar surface area (TPSA) is 30.5 Å². The second-order valence-electron chi connectivity index (χ2n) is 6.52. The van der Waals surface area contributed by atoms with Crippen molar-refractivity contribution in [1.82, 2.24) is 5.32 Å². The van der Waals surface area contributed by atoms with Crippen LogP contribution >= 0.6 is 27.5 Å². The number of nitrogens with one attached hydrogen (secondary N) is 1. The Labute approximate surface area is 179 Å². The first-order valence-electron chi connectivity index (χ1n) is 9.09. The quantitative estimate of drug-likeness (QED) is 0.414. The molecule has 3 aromatic carbocycles. The summed E-state index contributed by atoms with van der Waals surface area (Å²) in [5, 5.41) is 4.26. The fraction of sp³-hybridized carbons (Fsp3) is 0.217. The highest BCUT2D eigenvalue weighted by atomic mass is 79.9. The second-order valence-corrected chi connectivity index (χ2v) is 7.81. The van der Waals surface area contributed by atoms with Crippen LogP contribution in [0.4, 0.5) is 0 Å². The summed E-state index contributed by atoms with van der Waals surface area (Å²) in [6.07, 6.45) is 0. The maximum atomic E-state index is 5.97. The molecule has 3 aromatic rings. The number of methoxy groups -OCH3 is 1. The largest absolute Gasteiger partial charge is 0.493 e. The first-order chi connectivity index (χ1) is 13.6. The number of benzene rings is 3. The molecule has 5 heteroatoms. The van der Waals surface area contributed by atoms with Gasteiger partial charge in [0.25, 0.3) is 0 Å². The first kappa shape index (κ1) is 20.7. The third kappa shape index (κ3) is 5.51. The zero-order valence-electron chi connectivity index (χ0n) is 15.9. The van der Waals surface area contributed by atoms with Crippen LogP contribution in [0.5, 0.6) is 11.5 Å². The summed E-state index contributed by atoms with van der Waals surface area (Å²) in [7, 11) is 1.65. The van der Waals surface area contributed by atoms with Gasteiger partial charge >= 0.3 is 0 Å². The molecule has 0 spiro atoms. The predicted octanol–water partition coefficient (Wildman–Crippen LogP) is 6.54. The van der Waals surface area contributed by atoms with Crippen LogP contribution in [-0.2, 0) is 13.2 Å². The van der Waals surface area contributed by atoms with Crippen molar-refractivity contribution in [2.24, 2.45) is 0 Å². The van der Waals surface area contributed by atoms with E-state index in [9.17, 15) is 0 Å². The van der Waals surface area contributed by atoms with Gasteiger partial charge in [0.1, 0.15) is 6.61 Å². The maximum absolute atomic E-state index is 5.97. The average Bonchev–Trinajstić information content (AvgIpc) is 2.73. The van der Waals surface area contributed by atoms with Crippen LogP contribution in [0.25, 0.3) is 0 Å². The van der Waals surface area contributed by atoms with Gasteiger partial charge in [0, 0.05) is 22.1 Å². The number of halogens is 2. The van der Waals surface area contributed by atoms with E-state index in [1.165, 1.54) is 5.56 Å². The van der Waals surface area contributed by atoms with E-state index in [4.69, 9.17) is 21.1 Å². The summed E-state index contributed by atoms with van der Waals surface area (Å²) >= 11 is 9.59. The minimum Gasteiger partial charge on any atom is -0.493 e. The van der Waals surface area contributed by atoms with Crippen LogP contribution in [0.1, 0.15) is 29.7 Å². The fourth-order valence-electron chi connectivity index (χ4n) is 2.85. The molecule has 0 saturated carbocycles. The Kier molecular flexibility index (Phi) is 7.37. The third-order valence-electron chi connectivity index (χ3n) is 4.54. The number of hydrogen-bond donors (Lipinski definition) is 1. The summed E-state index contributed by atoms with van der Waals surface area (Å²) < 4.78 is 12.5. The van der Waals surface area contributed by atoms with Crippen molar-refractivity contribution < 1.29 is 9.47 Å². The molecule has 0 aliphatic carbocycles. The molecule has 146 valence electrons. The molecule has 1 unspecified atom stereocenters. The minimum absolute atomic E-state index is 0.250. The first-order valence-corrected chi connectivity index (χ1v) is 10.3. The van der Waals surface area contributed by atoms with Crippen LogP contribution in [0.15, 0.2) is 71.2 Å². The highest BCUT2D eigenvalue weighted by molar-refractivity contribution is 9.10. The lowest BCUT2D eigenvalue weighted by atomic mass is 10.1. The lowest BCUT2D eigenvalue weighted by Crippen LogP contribution is -2.18. The van der Waals surface area contributed by atoms with Crippen LogP contribution in [-0.4, -0.2) is 7.11 Å². The Hall–Kier alpha value is -2.01. The Morgan fingerprint density at radius 2 is 1.71 bits per heavy atom. The molecule has 3 rings (SSSR count). The third-order valence-corrected chi connectivity index (χ3v) is 5.53. The second kappa shape index (κ2) is 9.97. The molecular weight excluding hydrogens is 438 g/mol. The van der Waals surface area contributed by atoms with Crippen LogP contribution in [0, 0.1) is 0 Å². The highest BCUT2D eigenvalue weighted by Gasteiger charge is 2.12. The molecule has 0 aromatic heterocycles. The summed E-state index contributed by atoms with van der Waals surface area (Å²) in [5.41, 5.74) is 3.41. The van der Waals surface area contributed by atoms with Crippen LogP contribution < -0.4 is 14.8 Å². The summed E-state index contributed by atoms with van der Waals surface area (Å²) in [6.45, 7) is 3.32.